The van der Waals surface area contributed by atoms with Crippen LogP contribution >= 0.6 is 0 Å². The van der Waals surface area contributed by atoms with Gasteiger partial charge in [0, 0.05) is 12.4 Å². The molecule has 0 spiro atoms. The average Bonchev–Trinajstić information content (AvgIpc) is 2.67. The Labute approximate surface area is 157 Å². The summed E-state index contributed by atoms with van der Waals surface area (Å²) < 4.78 is 5.51. The van der Waals surface area contributed by atoms with Crippen LogP contribution in [0, 0.1) is 0 Å². The molecule has 0 aromatic heterocycles. The highest BCUT2D eigenvalue weighted by Crippen LogP contribution is 2.31. The Bertz CT molecular complexity index is 1010. The molecule has 3 N–H and O–H groups in total. The van der Waals surface area contributed by atoms with Gasteiger partial charge in [0.15, 0.2) is 0 Å². The number of aliphatic imine (C=N–C) groups is 1. The topological polar surface area (TPSA) is 88.2 Å². The zero-order chi connectivity index (χ0) is 19.4. The van der Waals surface area contributed by atoms with E-state index in [2.05, 4.69) is 4.99 Å². The maximum atomic E-state index is 12.4. The van der Waals surface area contributed by atoms with Crippen LogP contribution in [0.5, 0.6) is 11.5 Å². The molecule has 0 aliphatic carbocycles. The van der Waals surface area contributed by atoms with Crippen LogP contribution in [-0.2, 0) is 0 Å². The van der Waals surface area contributed by atoms with Crippen LogP contribution < -0.4 is 15.4 Å². The van der Waals surface area contributed by atoms with E-state index in [0.29, 0.717) is 23.6 Å². The van der Waals surface area contributed by atoms with Crippen LogP contribution in [0.25, 0.3) is 10.8 Å². The molecule has 0 radical (unpaired) electrons. The Hall–Kier alpha value is -3.54. The minimum atomic E-state index is -0.701. The van der Waals surface area contributed by atoms with E-state index in [1.165, 1.54) is 11.0 Å². The number of amides is 2. The summed E-state index contributed by atoms with van der Waals surface area (Å²) in [6.45, 7) is 2.35. The lowest BCUT2D eigenvalue weighted by Crippen LogP contribution is -2.41. The van der Waals surface area contributed by atoms with E-state index >= 15 is 0 Å². The highest BCUT2D eigenvalue weighted by Gasteiger charge is 2.24. The number of urea groups is 1. The van der Waals surface area contributed by atoms with Gasteiger partial charge < -0.3 is 15.6 Å². The highest BCUT2D eigenvalue weighted by atomic mass is 16.5. The molecule has 3 rings (SSSR count). The van der Waals surface area contributed by atoms with Crippen molar-refractivity contribution < 1.29 is 14.6 Å². The second-order valence-electron chi connectivity index (χ2n) is 5.83. The van der Waals surface area contributed by atoms with E-state index in [0.717, 1.165) is 10.8 Å². The van der Waals surface area contributed by atoms with Crippen LogP contribution in [0.15, 0.2) is 65.7 Å². The van der Waals surface area contributed by atoms with Crippen LogP contribution in [0.2, 0.25) is 0 Å². The van der Waals surface area contributed by atoms with Crippen molar-refractivity contribution in [2.75, 3.05) is 18.6 Å². The molecule has 0 unspecified atom stereocenters. The maximum absolute atomic E-state index is 12.4. The normalized spacial score (nSPS) is 11.4. The lowest BCUT2D eigenvalue weighted by molar-refractivity contribution is 0.256. The van der Waals surface area contributed by atoms with Crippen molar-refractivity contribution >= 4 is 28.3 Å². The molecular formula is C21H21N3O3. The number of nitrogens with zero attached hydrogens (tertiary/aromatic N) is 2. The fourth-order valence-corrected chi connectivity index (χ4v) is 3.03. The first kappa shape index (κ1) is 18.3. The molecule has 0 heterocycles. The molecule has 27 heavy (non-hydrogen) atoms. The number of nitrogens with two attached hydrogens (primary N) is 1. The summed E-state index contributed by atoms with van der Waals surface area (Å²) in [5.41, 5.74) is 6.66. The minimum Gasteiger partial charge on any atom is -0.507 e. The number of fused-ring (bicyclic) bond motifs is 1. The van der Waals surface area contributed by atoms with Crippen molar-refractivity contribution in [1.82, 2.24) is 0 Å². The summed E-state index contributed by atoms with van der Waals surface area (Å²) in [6, 6.07) is 17.4. The SMILES string of the molecule is CCOc1ccc(O)c(C(=NC)N(C(N)=O)c2cccc3ccccc23)c1. The number of carbonyl (C=O) groups is 1. The first-order valence-corrected chi connectivity index (χ1v) is 8.57. The smallest absolute Gasteiger partial charge is 0.325 e. The van der Waals surface area contributed by atoms with E-state index in [-0.39, 0.29) is 11.6 Å². The Balaban J connectivity index is 2.19. The lowest BCUT2D eigenvalue weighted by Gasteiger charge is -2.24. The summed E-state index contributed by atoms with van der Waals surface area (Å²) in [7, 11) is 1.54. The van der Waals surface area contributed by atoms with Crippen LogP contribution in [0.4, 0.5) is 10.5 Å². The second-order valence-corrected chi connectivity index (χ2v) is 5.83. The monoisotopic (exact) mass is 363 g/mol. The molecule has 0 saturated heterocycles. The minimum absolute atomic E-state index is 0.0226. The van der Waals surface area contributed by atoms with Gasteiger partial charge in [0.05, 0.1) is 17.9 Å². The molecule has 2 amide bonds. The predicted molar refractivity (Wildman–Crippen MR) is 108 cm³/mol. The number of amidine groups is 1. The van der Waals surface area contributed by atoms with Gasteiger partial charge in [-0.25, -0.2) is 9.69 Å². The third-order valence-corrected chi connectivity index (χ3v) is 4.17. The van der Waals surface area contributed by atoms with E-state index < -0.39 is 6.03 Å². The quantitative estimate of drug-likeness (QED) is 0.544. The zero-order valence-electron chi connectivity index (χ0n) is 15.2. The fourth-order valence-electron chi connectivity index (χ4n) is 3.03. The number of phenols is 1. The van der Waals surface area contributed by atoms with Crippen molar-refractivity contribution in [3.63, 3.8) is 0 Å². The zero-order valence-corrected chi connectivity index (χ0v) is 15.2. The number of phenolic OH excluding ortho intramolecular Hbond substituents is 1. The van der Waals surface area contributed by atoms with Gasteiger partial charge in [0.25, 0.3) is 0 Å². The molecule has 138 valence electrons. The Kier molecular flexibility index (Phi) is 5.26. The molecular weight excluding hydrogens is 342 g/mol. The van der Waals surface area contributed by atoms with Crippen molar-refractivity contribution in [3.8, 4) is 11.5 Å². The molecule has 0 bridgehead atoms. The first-order valence-electron chi connectivity index (χ1n) is 8.57. The first-order chi connectivity index (χ1) is 13.1. The van der Waals surface area contributed by atoms with E-state index in [4.69, 9.17) is 10.5 Å². The summed E-state index contributed by atoms with van der Waals surface area (Å²) >= 11 is 0. The molecule has 3 aromatic rings. The standard InChI is InChI=1S/C21H21N3O3/c1-3-27-15-11-12-19(25)17(13-15)20(23-2)24(21(22)26)18-10-6-8-14-7-4-5-9-16(14)18/h4-13,25H,3H2,1-2H3,(H2,22,26). The van der Waals surface area contributed by atoms with Gasteiger partial charge in [0.2, 0.25) is 0 Å². The molecule has 0 fully saturated rings. The summed E-state index contributed by atoms with van der Waals surface area (Å²) in [5, 5.41) is 12.2. The van der Waals surface area contributed by atoms with Gasteiger partial charge >= 0.3 is 6.03 Å². The van der Waals surface area contributed by atoms with E-state index in [1.807, 2.05) is 43.3 Å². The number of hydrogen-bond acceptors (Lipinski definition) is 4. The molecule has 6 nitrogen and oxygen atoms in total. The summed E-state index contributed by atoms with van der Waals surface area (Å²) in [4.78, 5) is 17.9. The van der Waals surface area contributed by atoms with Crippen LogP contribution in [-0.4, -0.2) is 30.6 Å². The molecule has 6 heteroatoms. The number of ether oxygens (including phenoxy) is 1. The fraction of sp³-hybridized carbons (Fsp3) is 0.143. The third-order valence-electron chi connectivity index (χ3n) is 4.17. The van der Waals surface area contributed by atoms with Crippen LogP contribution in [0.3, 0.4) is 0 Å². The molecule has 3 aromatic carbocycles. The number of aromatic hydroxyl groups is 1. The Morgan fingerprint density at radius 2 is 1.89 bits per heavy atom. The van der Waals surface area contributed by atoms with Crippen molar-refractivity contribution in [3.05, 3.63) is 66.2 Å². The number of carbonyl (C=O) groups excluding carboxylic acids is 1. The second kappa shape index (κ2) is 7.78. The molecule has 0 saturated carbocycles. The number of benzene rings is 3. The molecule has 0 aliphatic rings. The number of rotatable bonds is 4. The third kappa shape index (κ3) is 3.55. The lowest BCUT2D eigenvalue weighted by atomic mass is 10.1. The van der Waals surface area contributed by atoms with Gasteiger partial charge in [-0.15, -0.1) is 0 Å². The molecule has 0 aliphatic heterocycles. The largest absolute Gasteiger partial charge is 0.507 e. The van der Waals surface area contributed by atoms with Gasteiger partial charge in [-0.3, -0.25) is 4.99 Å². The molecule has 0 atom stereocenters. The van der Waals surface area contributed by atoms with Crippen molar-refractivity contribution in [2.45, 2.75) is 6.92 Å². The maximum Gasteiger partial charge on any atom is 0.325 e. The van der Waals surface area contributed by atoms with Gasteiger partial charge in [-0.05, 0) is 36.6 Å². The van der Waals surface area contributed by atoms with Gasteiger partial charge in [-0.2, -0.15) is 0 Å². The van der Waals surface area contributed by atoms with Gasteiger partial charge in [0.1, 0.15) is 17.3 Å². The van der Waals surface area contributed by atoms with E-state index in [9.17, 15) is 9.90 Å². The number of anilines is 1. The number of primary amides is 1. The summed E-state index contributed by atoms with van der Waals surface area (Å²) in [5.74, 6) is 0.775. The number of hydrogen-bond donors (Lipinski definition) is 2. The highest BCUT2D eigenvalue weighted by molar-refractivity contribution is 6.26. The van der Waals surface area contributed by atoms with E-state index in [1.54, 1.807) is 25.2 Å². The predicted octanol–water partition coefficient (Wildman–Crippen LogP) is 3.91. The van der Waals surface area contributed by atoms with Crippen LogP contribution in [0.1, 0.15) is 12.5 Å². The summed E-state index contributed by atoms with van der Waals surface area (Å²) in [6.07, 6.45) is 0. The van der Waals surface area contributed by atoms with Crippen molar-refractivity contribution in [2.24, 2.45) is 10.7 Å². The Morgan fingerprint density at radius 1 is 1.15 bits per heavy atom. The van der Waals surface area contributed by atoms with Crippen molar-refractivity contribution in [1.29, 1.82) is 0 Å². The van der Waals surface area contributed by atoms with Gasteiger partial charge in [-0.1, -0.05) is 36.4 Å². The Morgan fingerprint density at radius 3 is 2.59 bits per heavy atom. The average molecular weight is 363 g/mol.